The van der Waals surface area contributed by atoms with E-state index in [2.05, 4.69) is 228 Å². The number of rotatable bonds is 5. The minimum Gasteiger partial charge on any atom is -0.374 e. The summed E-state index contributed by atoms with van der Waals surface area (Å²) in [6.45, 7) is 0. The van der Waals surface area contributed by atoms with Crippen LogP contribution in [0, 0.1) is 0 Å². The van der Waals surface area contributed by atoms with Crippen LogP contribution in [-0.2, 0) is 0 Å². The van der Waals surface area contributed by atoms with Gasteiger partial charge in [0.25, 0.3) is 0 Å². The molecule has 9 aromatic rings. The Morgan fingerprint density at radius 2 is 1.06 bits per heavy atom. The standard InChI is InChI=1S/C60H42N4/c1-2-8-37(9-3-1)54-32-27-42-20-21-43-28-33-55(64-60(43)59(42)63-54)39-16-14-38(15-17-39)53-30-25-41-19-23-46(36-58(41)61-53)56-31-26-40-18-22-45(35-57(40)62-56)44-24-29-51-49-12-5-4-10-47(49)48-11-6-7-13-50(48)52(51)34-44/h1-36,53,55,57,61-62,64H. The molecule has 3 unspecified atom stereocenters. The molecule has 0 fully saturated rings. The van der Waals surface area contributed by atoms with Crippen molar-refractivity contribution in [3.05, 3.63) is 245 Å². The van der Waals surface area contributed by atoms with E-state index in [-0.39, 0.29) is 18.1 Å². The molecule has 3 aliphatic heterocycles. The Morgan fingerprint density at radius 1 is 0.422 bits per heavy atom. The summed E-state index contributed by atoms with van der Waals surface area (Å²) in [5.74, 6) is 0. The van der Waals surface area contributed by atoms with Gasteiger partial charge in [0.2, 0.25) is 0 Å². The van der Waals surface area contributed by atoms with Gasteiger partial charge in [-0.15, -0.1) is 0 Å². The molecule has 4 aliphatic rings. The van der Waals surface area contributed by atoms with Gasteiger partial charge >= 0.3 is 0 Å². The normalized spacial score (nSPS) is 18.3. The Hall–Kier alpha value is -8.21. The van der Waals surface area contributed by atoms with Crippen LogP contribution in [0.25, 0.3) is 77.9 Å². The highest BCUT2D eigenvalue weighted by Gasteiger charge is 2.23. The lowest BCUT2D eigenvalue weighted by Gasteiger charge is -2.28. The highest BCUT2D eigenvalue weighted by atomic mass is 15.0. The molecule has 4 nitrogen and oxygen atoms in total. The summed E-state index contributed by atoms with van der Waals surface area (Å²) in [6, 6.07) is 59.5. The summed E-state index contributed by atoms with van der Waals surface area (Å²) in [4.78, 5) is 5.14. The van der Waals surface area contributed by atoms with Gasteiger partial charge < -0.3 is 16.0 Å². The molecule has 0 amide bonds. The van der Waals surface area contributed by atoms with E-state index in [4.69, 9.17) is 4.98 Å². The number of nitrogens with one attached hydrogen (secondary N) is 3. The molecule has 1 aromatic heterocycles. The highest BCUT2D eigenvalue weighted by Crippen LogP contribution is 2.40. The van der Waals surface area contributed by atoms with Crippen molar-refractivity contribution < 1.29 is 0 Å². The van der Waals surface area contributed by atoms with E-state index in [1.165, 1.54) is 65.7 Å². The lowest BCUT2D eigenvalue weighted by molar-refractivity contribution is 0.815. The third-order valence-corrected chi connectivity index (χ3v) is 13.5. The molecule has 0 saturated carbocycles. The predicted octanol–water partition coefficient (Wildman–Crippen LogP) is 14.6. The Kier molecular flexibility index (Phi) is 8.38. The molecule has 1 aliphatic carbocycles. The molecule has 8 aromatic carbocycles. The number of benzene rings is 8. The van der Waals surface area contributed by atoms with Crippen LogP contribution >= 0.6 is 0 Å². The summed E-state index contributed by atoms with van der Waals surface area (Å²) >= 11 is 0. The van der Waals surface area contributed by atoms with Crippen molar-refractivity contribution in [3.8, 4) is 11.3 Å². The SMILES string of the molecule is C1=CC2=CC=C(c3ccc4c(c3)NC(c3ccc(C5C=Cc6ccc7ccc(-c8ccccc8)nc7c6N5)cc3)C=C4)NC2C=C1c1ccc2c3ccccc3c3ccccc3c2c1. The van der Waals surface area contributed by atoms with Crippen LogP contribution in [0.3, 0.4) is 0 Å². The van der Waals surface area contributed by atoms with E-state index in [1.807, 2.05) is 6.07 Å². The first kappa shape index (κ1) is 36.4. The predicted molar refractivity (Wildman–Crippen MR) is 270 cm³/mol. The zero-order valence-electron chi connectivity index (χ0n) is 35.0. The summed E-state index contributed by atoms with van der Waals surface area (Å²) in [5.41, 5.74) is 16.1. The number of aromatic nitrogens is 1. The van der Waals surface area contributed by atoms with E-state index in [0.29, 0.717) is 0 Å². The fraction of sp³-hybridized carbons (Fsp3) is 0.0500. The minimum atomic E-state index is 0.0394. The Bertz CT molecular complexity index is 3550. The van der Waals surface area contributed by atoms with Gasteiger partial charge in [-0.2, -0.15) is 0 Å². The second kappa shape index (κ2) is 14.7. The van der Waals surface area contributed by atoms with Gasteiger partial charge in [0.05, 0.1) is 35.0 Å². The van der Waals surface area contributed by atoms with Crippen molar-refractivity contribution in [2.45, 2.75) is 18.1 Å². The molecule has 13 rings (SSSR count). The average Bonchev–Trinajstić information content (AvgIpc) is 3.38. The van der Waals surface area contributed by atoms with Crippen molar-refractivity contribution in [1.82, 2.24) is 10.3 Å². The van der Waals surface area contributed by atoms with Crippen molar-refractivity contribution in [2.24, 2.45) is 0 Å². The third-order valence-electron chi connectivity index (χ3n) is 13.5. The first-order valence-electron chi connectivity index (χ1n) is 22.2. The van der Waals surface area contributed by atoms with Crippen LogP contribution in [0.2, 0.25) is 0 Å². The Balaban J connectivity index is 0.729. The number of hydrogen-bond donors (Lipinski definition) is 3. The molecule has 64 heavy (non-hydrogen) atoms. The Morgan fingerprint density at radius 3 is 1.83 bits per heavy atom. The van der Waals surface area contributed by atoms with Crippen molar-refractivity contribution in [1.29, 1.82) is 0 Å². The average molecular weight is 819 g/mol. The van der Waals surface area contributed by atoms with Crippen LogP contribution in [-0.4, -0.2) is 11.0 Å². The molecule has 4 heteroatoms. The van der Waals surface area contributed by atoms with Crippen LogP contribution in [0.15, 0.2) is 212 Å². The first-order valence-corrected chi connectivity index (χ1v) is 22.2. The van der Waals surface area contributed by atoms with E-state index < -0.39 is 0 Å². The third kappa shape index (κ3) is 6.18. The molecule has 302 valence electrons. The van der Waals surface area contributed by atoms with Crippen molar-refractivity contribution >= 4 is 78.0 Å². The lowest BCUT2D eigenvalue weighted by Crippen LogP contribution is -2.31. The number of allylic oxidation sites excluding steroid dienone is 4. The van der Waals surface area contributed by atoms with Gasteiger partial charge in [-0.3, -0.25) is 0 Å². The molecule has 0 bridgehead atoms. The Labute approximate surface area is 372 Å². The largest absolute Gasteiger partial charge is 0.374 e. The molecule has 0 radical (unpaired) electrons. The number of dihydropyridines is 1. The second-order valence-corrected chi connectivity index (χ2v) is 17.3. The molecule has 4 heterocycles. The molecule has 3 N–H and O–H groups in total. The topological polar surface area (TPSA) is 49.0 Å². The molecule has 0 saturated heterocycles. The minimum absolute atomic E-state index is 0.0394. The fourth-order valence-electron chi connectivity index (χ4n) is 10.1. The monoisotopic (exact) mass is 818 g/mol. The second-order valence-electron chi connectivity index (χ2n) is 17.3. The molecular formula is C60H42N4. The van der Waals surface area contributed by atoms with Crippen molar-refractivity contribution in [3.63, 3.8) is 0 Å². The van der Waals surface area contributed by atoms with Gasteiger partial charge in [-0.25, -0.2) is 4.98 Å². The summed E-state index contributed by atoms with van der Waals surface area (Å²) in [6.07, 6.45) is 20.4. The number of pyridine rings is 1. The number of anilines is 2. The van der Waals surface area contributed by atoms with E-state index in [1.54, 1.807) is 0 Å². The van der Waals surface area contributed by atoms with Crippen LogP contribution in [0.5, 0.6) is 0 Å². The van der Waals surface area contributed by atoms with Crippen LogP contribution in [0.1, 0.15) is 45.5 Å². The first-order chi connectivity index (χ1) is 31.7. The molecule has 0 spiro atoms. The van der Waals surface area contributed by atoms with Crippen LogP contribution < -0.4 is 16.0 Å². The van der Waals surface area contributed by atoms with Gasteiger partial charge in [0, 0.05) is 22.3 Å². The quantitative estimate of drug-likeness (QED) is 0.151. The smallest absolute Gasteiger partial charge is 0.0947 e. The zero-order chi connectivity index (χ0) is 42.1. The van der Waals surface area contributed by atoms with Crippen molar-refractivity contribution in [2.75, 3.05) is 10.6 Å². The number of hydrogen-bond acceptors (Lipinski definition) is 4. The molecular weight excluding hydrogens is 777 g/mol. The van der Waals surface area contributed by atoms with Gasteiger partial charge in [-0.1, -0.05) is 194 Å². The zero-order valence-corrected chi connectivity index (χ0v) is 35.0. The maximum atomic E-state index is 5.14. The summed E-state index contributed by atoms with van der Waals surface area (Å²) < 4.78 is 0. The number of fused-ring (bicyclic) bond motifs is 11. The number of nitrogens with zero attached hydrogens (tertiary/aromatic N) is 1. The van der Waals surface area contributed by atoms with E-state index in [9.17, 15) is 0 Å². The highest BCUT2D eigenvalue weighted by molar-refractivity contribution is 6.25. The van der Waals surface area contributed by atoms with Gasteiger partial charge in [0.15, 0.2) is 0 Å². The van der Waals surface area contributed by atoms with Gasteiger partial charge in [0.1, 0.15) is 0 Å². The van der Waals surface area contributed by atoms with Crippen LogP contribution in [0.4, 0.5) is 11.4 Å². The maximum absolute atomic E-state index is 5.14. The summed E-state index contributed by atoms with van der Waals surface area (Å²) in [5, 5.41) is 20.5. The van der Waals surface area contributed by atoms with E-state index >= 15 is 0 Å². The summed E-state index contributed by atoms with van der Waals surface area (Å²) in [7, 11) is 0. The van der Waals surface area contributed by atoms with E-state index in [0.717, 1.165) is 50.4 Å². The fourth-order valence-corrected chi connectivity index (χ4v) is 10.1. The van der Waals surface area contributed by atoms with Gasteiger partial charge in [-0.05, 0) is 101 Å². The molecule has 3 atom stereocenters. The maximum Gasteiger partial charge on any atom is 0.0947 e. The lowest BCUT2D eigenvalue weighted by atomic mass is 9.88.